The Bertz CT molecular complexity index is 518. The van der Waals surface area contributed by atoms with Gasteiger partial charge in [0.05, 0.1) is 5.36 Å². The van der Waals surface area contributed by atoms with Gasteiger partial charge in [0.1, 0.15) is 0 Å². The maximum absolute atomic E-state index is 11.2. The molecule has 1 atom stereocenters. The molecule has 1 unspecified atom stereocenters. The first-order valence-corrected chi connectivity index (χ1v) is 4.11. The molecule has 0 aromatic heterocycles. The predicted octanol–water partition coefficient (Wildman–Crippen LogP) is -0.672. The molecule has 1 aromatic rings. The average Bonchev–Trinajstić information content (AvgIpc) is 2.16. The molecular weight excluding hydrogens is 182 g/mol. The number of carbonyl (C=O) groups excluding carboxylic acids is 1. The molecule has 1 amide bonds. The Balaban J connectivity index is 2.67. The summed E-state index contributed by atoms with van der Waals surface area (Å²) in [4.78, 5) is 25.6. The number of benzene rings is 1. The summed E-state index contributed by atoms with van der Waals surface area (Å²) in [5.41, 5.74) is 0. The largest absolute Gasteiger partial charge is 0.480 e. The van der Waals surface area contributed by atoms with Crippen molar-refractivity contribution in [3.8, 4) is 0 Å². The molecule has 0 fully saturated rings. The first-order chi connectivity index (χ1) is 6.68. The molecule has 70 valence electrons. The van der Waals surface area contributed by atoms with Crippen molar-refractivity contribution in [1.82, 2.24) is 0 Å². The minimum absolute atomic E-state index is 0.537. The van der Waals surface area contributed by atoms with Gasteiger partial charge in [0, 0.05) is 0 Å². The van der Waals surface area contributed by atoms with Crippen LogP contribution in [-0.2, 0) is 9.59 Å². The number of para-hydroxylation sites is 1. The molecule has 0 spiro atoms. The highest BCUT2D eigenvalue weighted by Gasteiger charge is 2.24. The quantitative estimate of drug-likeness (QED) is 0.595. The molecule has 1 heterocycles. The Morgan fingerprint density at radius 1 is 1.36 bits per heavy atom. The van der Waals surface area contributed by atoms with Gasteiger partial charge in [-0.05, 0) is 11.3 Å². The summed E-state index contributed by atoms with van der Waals surface area (Å²) in [7, 11) is 0. The minimum Gasteiger partial charge on any atom is -0.480 e. The fourth-order valence-corrected chi connectivity index (χ4v) is 1.35. The summed E-state index contributed by atoms with van der Waals surface area (Å²) in [5, 5.41) is 9.95. The Morgan fingerprint density at radius 2 is 2.07 bits per heavy atom. The van der Waals surface area contributed by atoms with Crippen molar-refractivity contribution in [2.75, 3.05) is 0 Å². The minimum atomic E-state index is -1.16. The van der Waals surface area contributed by atoms with E-state index in [9.17, 15) is 9.59 Å². The highest BCUT2D eigenvalue weighted by atomic mass is 16.4. The van der Waals surface area contributed by atoms with E-state index in [2.05, 4.69) is 4.99 Å². The lowest BCUT2D eigenvalue weighted by Crippen LogP contribution is -2.36. The van der Waals surface area contributed by atoms with Crippen LogP contribution in [0.1, 0.15) is 0 Å². The van der Waals surface area contributed by atoms with Gasteiger partial charge in [0.15, 0.2) is 5.92 Å². The van der Waals surface area contributed by atoms with Crippen LogP contribution in [0.15, 0.2) is 29.3 Å². The molecule has 4 nitrogen and oxygen atoms in total. The third kappa shape index (κ3) is 1.31. The first-order valence-electron chi connectivity index (χ1n) is 4.11. The lowest BCUT2D eigenvalue weighted by molar-refractivity contribution is -0.143. The van der Waals surface area contributed by atoms with Crippen LogP contribution in [0, 0.1) is 5.92 Å². The van der Waals surface area contributed by atoms with Crippen molar-refractivity contribution in [2.24, 2.45) is 10.9 Å². The zero-order valence-electron chi connectivity index (χ0n) is 7.18. The lowest BCUT2D eigenvalue weighted by Gasteiger charge is -2.06. The van der Waals surface area contributed by atoms with Gasteiger partial charge in [0.25, 0.3) is 5.91 Å². The lowest BCUT2D eigenvalue weighted by atomic mass is 10.0. The van der Waals surface area contributed by atoms with Gasteiger partial charge < -0.3 is 5.11 Å². The number of nitrogens with zero attached hydrogens (tertiary/aromatic N) is 1. The topological polar surface area (TPSA) is 66.7 Å². The van der Waals surface area contributed by atoms with Crippen LogP contribution < -0.4 is 10.6 Å². The number of hydrogen-bond donors (Lipinski definition) is 1. The molecule has 2 rings (SSSR count). The molecular formula is C10H7NO3. The molecule has 1 aromatic carbocycles. The fourth-order valence-electron chi connectivity index (χ4n) is 1.35. The predicted molar refractivity (Wildman–Crippen MR) is 47.8 cm³/mol. The summed E-state index contributed by atoms with van der Waals surface area (Å²) >= 11 is 0. The van der Waals surface area contributed by atoms with Crippen LogP contribution >= 0.6 is 0 Å². The zero-order chi connectivity index (χ0) is 10.1. The SMILES string of the molecule is O=C(O)C1C=c2ccccc2=NC1=O. The van der Waals surface area contributed by atoms with Crippen LogP contribution in [0.25, 0.3) is 6.08 Å². The normalized spacial score (nSPS) is 19.1. The van der Waals surface area contributed by atoms with E-state index in [4.69, 9.17) is 5.11 Å². The van der Waals surface area contributed by atoms with Gasteiger partial charge >= 0.3 is 5.97 Å². The monoisotopic (exact) mass is 189 g/mol. The standard InChI is InChI=1S/C10H7NO3/c12-9-7(10(13)14)5-6-3-1-2-4-8(6)11-9/h1-5,7H,(H,13,14). The Morgan fingerprint density at radius 3 is 2.79 bits per heavy atom. The maximum atomic E-state index is 11.2. The smallest absolute Gasteiger partial charge is 0.320 e. The van der Waals surface area contributed by atoms with Crippen LogP contribution in [0.2, 0.25) is 0 Å². The number of hydrogen-bond acceptors (Lipinski definition) is 2. The summed E-state index contributed by atoms with van der Waals surface area (Å²) in [6.07, 6.45) is 1.42. The van der Waals surface area contributed by atoms with E-state index in [0.29, 0.717) is 10.6 Å². The van der Waals surface area contributed by atoms with E-state index in [-0.39, 0.29) is 0 Å². The van der Waals surface area contributed by atoms with Crippen LogP contribution in [0.4, 0.5) is 0 Å². The van der Waals surface area contributed by atoms with E-state index in [0.717, 1.165) is 0 Å². The third-order valence-electron chi connectivity index (χ3n) is 2.05. The number of aliphatic carboxylic acids is 1. The second-order valence-electron chi connectivity index (χ2n) is 2.99. The molecule has 0 saturated carbocycles. The summed E-state index contributed by atoms with van der Waals surface area (Å²) in [6, 6.07) is 6.95. The summed E-state index contributed by atoms with van der Waals surface area (Å²) in [5.74, 6) is -2.91. The first kappa shape index (κ1) is 8.62. The summed E-state index contributed by atoms with van der Waals surface area (Å²) < 4.78 is 0. The average molecular weight is 189 g/mol. The molecule has 0 saturated heterocycles. The highest BCUT2D eigenvalue weighted by Crippen LogP contribution is 2.03. The van der Waals surface area contributed by atoms with E-state index < -0.39 is 17.8 Å². The van der Waals surface area contributed by atoms with Crippen molar-refractivity contribution in [2.45, 2.75) is 0 Å². The van der Waals surface area contributed by atoms with Gasteiger partial charge in [-0.3, -0.25) is 9.59 Å². The molecule has 1 N–H and O–H groups in total. The zero-order valence-corrected chi connectivity index (χ0v) is 7.18. The molecule has 1 aliphatic rings. The fraction of sp³-hybridized carbons (Fsp3) is 0.100. The number of carboxylic acids is 1. The molecule has 14 heavy (non-hydrogen) atoms. The van der Waals surface area contributed by atoms with Crippen molar-refractivity contribution < 1.29 is 14.7 Å². The van der Waals surface area contributed by atoms with Crippen LogP contribution in [-0.4, -0.2) is 17.0 Å². The molecule has 0 aliphatic carbocycles. The van der Waals surface area contributed by atoms with Crippen LogP contribution in [0.3, 0.4) is 0 Å². The van der Waals surface area contributed by atoms with Gasteiger partial charge in [-0.1, -0.05) is 24.3 Å². The van der Waals surface area contributed by atoms with Crippen molar-refractivity contribution in [1.29, 1.82) is 0 Å². The number of carbonyl (C=O) groups is 2. The van der Waals surface area contributed by atoms with Gasteiger partial charge in [0.2, 0.25) is 0 Å². The molecule has 4 heteroatoms. The van der Waals surface area contributed by atoms with Gasteiger partial charge in [-0.25, -0.2) is 4.99 Å². The number of carboxylic acid groups (broad SMARTS) is 1. The van der Waals surface area contributed by atoms with Crippen LogP contribution in [0.5, 0.6) is 0 Å². The maximum Gasteiger partial charge on any atom is 0.320 e. The number of amides is 1. The number of fused-ring (bicyclic) bond motifs is 1. The number of rotatable bonds is 1. The Labute approximate surface area is 79.2 Å². The Kier molecular flexibility index (Phi) is 1.89. The Hall–Kier alpha value is -1.97. The molecule has 0 bridgehead atoms. The van der Waals surface area contributed by atoms with Gasteiger partial charge in [-0.2, -0.15) is 0 Å². The van der Waals surface area contributed by atoms with Crippen molar-refractivity contribution >= 4 is 18.0 Å². The summed E-state index contributed by atoms with van der Waals surface area (Å²) in [6.45, 7) is 0. The van der Waals surface area contributed by atoms with E-state index >= 15 is 0 Å². The molecule has 1 aliphatic heterocycles. The van der Waals surface area contributed by atoms with Gasteiger partial charge in [-0.15, -0.1) is 0 Å². The van der Waals surface area contributed by atoms with Crippen molar-refractivity contribution in [3.63, 3.8) is 0 Å². The van der Waals surface area contributed by atoms with Crippen molar-refractivity contribution in [3.05, 3.63) is 34.8 Å². The second kappa shape index (κ2) is 3.06. The molecule has 0 radical (unpaired) electrons. The third-order valence-corrected chi connectivity index (χ3v) is 2.05. The van der Waals surface area contributed by atoms with E-state index in [1.807, 2.05) is 0 Å². The highest BCUT2D eigenvalue weighted by molar-refractivity contribution is 6.03. The van der Waals surface area contributed by atoms with E-state index in [1.54, 1.807) is 24.3 Å². The van der Waals surface area contributed by atoms with E-state index in [1.165, 1.54) is 6.08 Å². The second-order valence-corrected chi connectivity index (χ2v) is 2.99.